The summed E-state index contributed by atoms with van der Waals surface area (Å²) in [6.45, 7) is 0. The molecule has 0 aliphatic carbocycles. The third kappa shape index (κ3) is 3.53. The van der Waals surface area contributed by atoms with E-state index in [1.807, 2.05) is 18.2 Å². The van der Waals surface area contributed by atoms with E-state index in [-0.39, 0.29) is 0 Å². The summed E-state index contributed by atoms with van der Waals surface area (Å²) < 4.78 is 0. The number of aromatic amines is 1. The average Bonchev–Trinajstić information content (AvgIpc) is 3.06. The third-order valence-corrected chi connectivity index (χ3v) is 4.82. The van der Waals surface area contributed by atoms with Crippen LogP contribution in [0.15, 0.2) is 84.9 Å². The Balaban J connectivity index is 1.61. The number of nitrogens with one attached hydrogen (secondary N) is 2. The lowest BCUT2D eigenvalue weighted by molar-refractivity contribution is 1.05. The summed E-state index contributed by atoms with van der Waals surface area (Å²) in [7, 11) is 0. The van der Waals surface area contributed by atoms with E-state index in [1.54, 1.807) is 0 Å². The summed E-state index contributed by atoms with van der Waals surface area (Å²) in [5, 5.41) is 4.66. The van der Waals surface area contributed by atoms with Crippen LogP contribution in [-0.4, -0.2) is 9.97 Å². The molecule has 0 atom stereocenters. The highest BCUT2D eigenvalue weighted by atomic mass is 32.1. The number of rotatable bonds is 5. The maximum atomic E-state index is 5.65. The minimum Gasteiger partial charge on any atom is -0.353 e. The van der Waals surface area contributed by atoms with Crippen LogP contribution in [0.4, 0.5) is 5.69 Å². The Morgan fingerprint density at radius 3 is 2.23 bits per heavy atom. The van der Waals surface area contributed by atoms with E-state index in [0.717, 1.165) is 45.7 Å². The molecule has 0 aliphatic heterocycles. The van der Waals surface area contributed by atoms with E-state index >= 15 is 0 Å². The fraction of sp³-hybridized carbons (Fsp3) is 0.0870. The Hall–Kier alpha value is -2.91. The Labute approximate surface area is 158 Å². The number of para-hydroxylation sites is 1. The first kappa shape index (κ1) is 16.6. The molecule has 0 saturated carbocycles. The molecule has 4 rings (SSSR count). The van der Waals surface area contributed by atoms with Gasteiger partial charge in [-0.05, 0) is 18.1 Å². The second kappa shape index (κ2) is 7.54. The van der Waals surface area contributed by atoms with Gasteiger partial charge in [0.1, 0.15) is 0 Å². The highest BCUT2D eigenvalue weighted by molar-refractivity contribution is 7.80. The van der Waals surface area contributed by atoms with Crippen LogP contribution in [0.1, 0.15) is 12.0 Å². The second-order valence-corrected chi connectivity index (χ2v) is 6.81. The molecule has 128 valence electrons. The van der Waals surface area contributed by atoms with Crippen LogP contribution in [-0.2, 0) is 6.42 Å². The molecule has 0 spiro atoms. The Morgan fingerprint density at radius 1 is 0.808 bits per heavy atom. The molecule has 0 amide bonds. The lowest BCUT2D eigenvalue weighted by Crippen LogP contribution is -2.10. The van der Waals surface area contributed by atoms with Gasteiger partial charge in [-0.2, -0.15) is 0 Å². The molecule has 26 heavy (non-hydrogen) atoms. The number of hydrogen-bond acceptors (Lipinski definition) is 1. The van der Waals surface area contributed by atoms with Crippen molar-refractivity contribution in [1.82, 2.24) is 4.98 Å². The molecule has 1 aromatic heterocycles. The van der Waals surface area contributed by atoms with Crippen LogP contribution in [0, 0.1) is 0 Å². The molecular weight excluding hydrogens is 336 g/mol. The zero-order valence-corrected chi connectivity index (χ0v) is 15.2. The van der Waals surface area contributed by atoms with Crippen molar-refractivity contribution < 1.29 is 0 Å². The topological polar surface area (TPSA) is 27.8 Å². The van der Waals surface area contributed by atoms with Gasteiger partial charge in [-0.25, -0.2) is 0 Å². The summed E-state index contributed by atoms with van der Waals surface area (Å²) in [6, 6.07) is 29.2. The quantitative estimate of drug-likeness (QED) is 0.416. The molecule has 3 heteroatoms. The van der Waals surface area contributed by atoms with Gasteiger partial charge in [0.25, 0.3) is 0 Å². The number of benzene rings is 3. The molecule has 1 heterocycles. The fourth-order valence-corrected chi connectivity index (χ4v) is 3.40. The van der Waals surface area contributed by atoms with Gasteiger partial charge in [-0.1, -0.05) is 91.1 Å². The molecule has 0 bridgehead atoms. The summed E-state index contributed by atoms with van der Waals surface area (Å²) in [6.07, 6.45) is 1.77. The molecule has 0 aliphatic rings. The van der Waals surface area contributed by atoms with Crippen molar-refractivity contribution in [3.8, 4) is 11.3 Å². The molecule has 4 aromatic rings. The van der Waals surface area contributed by atoms with E-state index in [4.69, 9.17) is 12.2 Å². The van der Waals surface area contributed by atoms with Crippen LogP contribution in [0.2, 0.25) is 0 Å². The Kier molecular flexibility index (Phi) is 4.80. The Morgan fingerprint density at radius 2 is 1.46 bits per heavy atom. The van der Waals surface area contributed by atoms with E-state index in [0.29, 0.717) is 0 Å². The van der Waals surface area contributed by atoms with Crippen LogP contribution in [0.3, 0.4) is 0 Å². The van der Waals surface area contributed by atoms with Gasteiger partial charge in [-0.15, -0.1) is 0 Å². The Bertz CT molecular complexity index is 1020. The largest absolute Gasteiger partial charge is 0.353 e. The molecule has 2 nitrogen and oxygen atoms in total. The molecule has 2 N–H and O–H groups in total. The van der Waals surface area contributed by atoms with Crippen molar-refractivity contribution in [2.75, 3.05) is 5.32 Å². The number of hydrogen-bond donors (Lipinski definition) is 2. The van der Waals surface area contributed by atoms with Crippen LogP contribution >= 0.6 is 12.2 Å². The summed E-state index contributed by atoms with van der Waals surface area (Å²) in [5.74, 6) is 0. The molecule has 0 radical (unpaired) electrons. The molecule has 0 fully saturated rings. The number of aromatic nitrogens is 1. The van der Waals surface area contributed by atoms with Crippen LogP contribution in [0.5, 0.6) is 0 Å². The van der Waals surface area contributed by atoms with Crippen molar-refractivity contribution in [1.29, 1.82) is 0 Å². The SMILES string of the molecule is S=C(CCc1ccccc1)Nc1c(-c2ccccc2)[nH]c2ccccc12. The van der Waals surface area contributed by atoms with Crippen molar-refractivity contribution >= 4 is 33.8 Å². The third-order valence-electron chi connectivity index (χ3n) is 4.52. The smallest absolute Gasteiger partial charge is 0.0801 e. The van der Waals surface area contributed by atoms with E-state index in [1.165, 1.54) is 5.56 Å². The molecular formula is C23H20N2S. The number of aryl methyl sites for hydroxylation is 1. The van der Waals surface area contributed by atoms with Gasteiger partial charge in [0.05, 0.1) is 16.4 Å². The van der Waals surface area contributed by atoms with E-state index in [9.17, 15) is 0 Å². The normalized spacial score (nSPS) is 10.8. The zero-order valence-electron chi connectivity index (χ0n) is 14.4. The first-order valence-electron chi connectivity index (χ1n) is 8.81. The molecule has 0 unspecified atom stereocenters. The van der Waals surface area contributed by atoms with Gasteiger partial charge in [0, 0.05) is 22.9 Å². The number of H-pyrrole nitrogens is 1. The summed E-state index contributed by atoms with van der Waals surface area (Å²) in [5.41, 5.74) is 5.70. The maximum absolute atomic E-state index is 5.65. The highest BCUT2D eigenvalue weighted by Crippen LogP contribution is 2.35. The number of thiocarbonyl (C=S) groups is 1. The second-order valence-electron chi connectivity index (χ2n) is 6.32. The van der Waals surface area contributed by atoms with E-state index in [2.05, 4.69) is 77.0 Å². The molecule has 0 saturated heterocycles. The highest BCUT2D eigenvalue weighted by Gasteiger charge is 2.14. The van der Waals surface area contributed by atoms with Gasteiger partial charge in [0.2, 0.25) is 0 Å². The monoisotopic (exact) mass is 356 g/mol. The van der Waals surface area contributed by atoms with Crippen LogP contribution in [0.25, 0.3) is 22.2 Å². The first-order valence-corrected chi connectivity index (χ1v) is 9.22. The molecule has 3 aromatic carbocycles. The minimum atomic E-state index is 0.826. The lowest BCUT2D eigenvalue weighted by atomic mass is 10.1. The van der Waals surface area contributed by atoms with Gasteiger partial charge < -0.3 is 10.3 Å². The predicted octanol–water partition coefficient (Wildman–Crippen LogP) is 6.21. The zero-order chi connectivity index (χ0) is 17.8. The predicted molar refractivity (Wildman–Crippen MR) is 115 cm³/mol. The standard InChI is InChI=1S/C23H20N2S/c26-21(16-15-17-9-3-1-4-10-17)25-23-19-13-7-8-14-20(19)24-22(23)18-11-5-2-6-12-18/h1-14,24H,15-16H2,(H,25,26). The number of fused-ring (bicyclic) bond motifs is 1. The maximum Gasteiger partial charge on any atom is 0.0801 e. The van der Waals surface area contributed by atoms with Crippen molar-refractivity contribution in [2.45, 2.75) is 12.8 Å². The van der Waals surface area contributed by atoms with Crippen molar-refractivity contribution in [3.05, 3.63) is 90.5 Å². The van der Waals surface area contributed by atoms with Crippen molar-refractivity contribution in [3.63, 3.8) is 0 Å². The van der Waals surface area contributed by atoms with Gasteiger partial charge in [0.15, 0.2) is 0 Å². The fourth-order valence-electron chi connectivity index (χ4n) is 3.20. The van der Waals surface area contributed by atoms with Crippen molar-refractivity contribution in [2.24, 2.45) is 0 Å². The summed E-state index contributed by atoms with van der Waals surface area (Å²) >= 11 is 5.65. The summed E-state index contributed by atoms with van der Waals surface area (Å²) in [4.78, 5) is 4.39. The van der Waals surface area contributed by atoms with E-state index < -0.39 is 0 Å². The van der Waals surface area contributed by atoms with Gasteiger partial charge in [-0.3, -0.25) is 0 Å². The van der Waals surface area contributed by atoms with Crippen LogP contribution < -0.4 is 5.32 Å². The first-order chi connectivity index (χ1) is 12.8. The lowest BCUT2D eigenvalue weighted by Gasteiger charge is -2.10. The average molecular weight is 356 g/mol. The number of anilines is 1. The minimum absolute atomic E-state index is 0.826. The van der Waals surface area contributed by atoms with Gasteiger partial charge >= 0.3 is 0 Å².